The van der Waals surface area contributed by atoms with Gasteiger partial charge in [0, 0.05) is 40.9 Å². The fraction of sp³-hybridized carbons (Fsp3) is 0.414. The summed E-state index contributed by atoms with van der Waals surface area (Å²) in [5.41, 5.74) is 4.87. The largest absolute Gasteiger partial charge is 0.464 e. The highest BCUT2D eigenvalue weighted by molar-refractivity contribution is 7.92. The molecule has 0 unspecified atom stereocenters. The third-order valence-corrected chi connectivity index (χ3v) is 9.45. The molecule has 1 amide bonds. The number of hydrogen-bond donors (Lipinski definition) is 2. The van der Waals surface area contributed by atoms with E-state index in [0.717, 1.165) is 41.2 Å². The average Bonchev–Trinajstić information content (AvgIpc) is 3.59. The van der Waals surface area contributed by atoms with Gasteiger partial charge in [-0.15, -0.1) is 0 Å². The normalized spacial score (nSPS) is 15.7. The van der Waals surface area contributed by atoms with Gasteiger partial charge < -0.3 is 4.74 Å². The first kappa shape index (κ1) is 29.3. The van der Waals surface area contributed by atoms with Crippen LogP contribution < -0.4 is 5.48 Å². The van der Waals surface area contributed by atoms with Crippen molar-refractivity contribution in [3.8, 4) is 11.8 Å². The quantitative estimate of drug-likeness (QED) is 0.165. The molecule has 11 heteroatoms. The van der Waals surface area contributed by atoms with E-state index in [4.69, 9.17) is 9.94 Å². The molecule has 1 saturated carbocycles. The first-order chi connectivity index (χ1) is 18.8. The summed E-state index contributed by atoms with van der Waals surface area (Å²) in [5, 5.41) is 14.3. The lowest BCUT2D eigenvalue weighted by molar-refractivity contribution is -0.145. The molecule has 1 heterocycles. The average molecular weight is 567 g/mol. The topological polar surface area (TPSA) is 131 Å². The molecule has 1 aromatic heterocycles. The van der Waals surface area contributed by atoms with Crippen molar-refractivity contribution in [3.05, 3.63) is 65.4 Å². The number of benzene rings is 2. The number of rotatable bonds is 10. The highest BCUT2D eigenvalue weighted by Gasteiger charge is 2.45. The summed E-state index contributed by atoms with van der Waals surface area (Å²) in [5.74, 6) is 5.15. The lowest BCUT2D eigenvalue weighted by Gasteiger charge is -2.24. The first-order valence-electron chi connectivity index (χ1n) is 12.9. The van der Waals surface area contributed by atoms with E-state index in [1.807, 2.05) is 56.6 Å². The smallest absolute Gasteiger partial charge is 0.320 e. The molecular formula is C29H34N4O6S. The number of esters is 1. The van der Waals surface area contributed by atoms with E-state index < -0.39 is 20.5 Å². The van der Waals surface area contributed by atoms with Crippen LogP contribution in [0.3, 0.4) is 0 Å². The van der Waals surface area contributed by atoms with E-state index in [9.17, 15) is 18.0 Å². The maximum atomic E-state index is 12.2. The van der Waals surface area contributed by atoms with Gasteiger partial charge in [0.05, 0.1) is 12.1 Å². The minimum Gasteiger partial charge on any atom is -0.464 e. The number of carbonyl (C=O) groups is 2. The monoisotopic (exact) mass is 566 g/mol. The number of amides is 1. The van der Waals surface area contributed by atoms with Crippen molar-refractivity contribution in [3.63, 3.8) is 0 Å². The zero-order valence-corrected chi connectivity index (χ0v) is 23.9. The van der Waals surface area contributed by atoms with Crippen LogP contribution in [0.25, 0.3) is 10.9 Å². The second-order valence-corrected chi connectivity index (χ2v) is 13.3. The molecule has 4 rings (SSSR count). The molecular weight excluding hydrogens is 532 g/mol. The van der Waals surface area contributed by atoms with Gasteiger partial charge in [-0.3, -0.25) is 24.4 Å². The molecule has 0 saturated heterocycles. The van der Waals surface area contributed by atoms with Crippen molar-refractivity contribution in [1.82, 2.24) is 20.2 Å². The molecule has 0 aliphatic heterocycles. The van der Waals surface area contributed by atoms with Crippen LogP contribution in [-0.2, 0) is 36.1 Å². The van der Waals surface area contributed by atoms with Crippen molar-refractivity contribution in [1.29, 1.82) is 0 Å². The Balaban J connectivity index is 1.42. The van der Waals surface area contributed by atoms with Crippen LogP contribution >= 0.6 is 0 Å². The molecule has 1 aliphatic carbocycles. The van der Waals surface area contributed by atoms with Gasteiger partial charge >= 0.3 is 5.97 Å². The summed E-state index contributed by atoms with van der Waals surface area (Å²) in [6.07, 6.45) is 4.66. The van der Waals surface area contributed by atoms with Gasteiger partial charge in [0.2, 0.25) is 0 Å². The molecule has 40 heavy (non-hydrogen) atoms. The molecule has 0 radical (unpaired) electrons. The summed E-state index contributed by atoms with van der Waals surface area (Å²) in [6, 6.07) is 13.6. The minimum atomic E-state index is -3.79. The molecule has 2 N–H and O–H groups in total. The third kappa shape index (κ3) is 6.53. The van der Waals surface area contributed by atoms with E-state index in [-0.39, 0.29) is 30.9 Å². The Kier molecular flexibility index (Phi) is 8.35. The Labute approximate surface area is 234 Å². The number of hydroxylamine groups is 1. The molecule has 1 aliphatic rings. The molecule has 0 spiro atoms. The van der Waals surface area contributed by atoms with Gasteiger partial charge in [-0.2, -0.15) is 5.10 Å². The maximum absolute atomic E-state index is 12.2. The van der Waals surface area contributed by atoms with E-state index in [2.05, 4.69) is 16.9 Å². The van der Waals surface area contributed by atoms with Crippen LogP contribution in [0.2, 0.25) is 0 Å². The third-order valence-electron chi connectivity index (χ3n) is 7.43. The number of aromatic nitrogens is 2. The first-order valence-corrected chi connectivity index (χ1v) is 14.8. The number of hydrogen-bond acceptors (Lipinski definition) is 8. The van der Waals surface area contributed by atoms with E-state index in [1.54, 1.807) is 15.8 Å². The van der Waals surface area contributed by atoms with Gasteiger partial charge in [-0.1, -0.05) is 24.0 Å². The Morgan fingerprint density at radius 1 is 1.15 bits per heavy atom. The fourth-order valence-corrected chi connectivity index (χ4v) is 5.27. The number of aryl methyl sites for hydroxylation is 1. The summed E-state index contributed by atoms with van der Waals surface area (Å²) in [6.45, 7) is 2.10. The van der Waals surface area contributed by atoms with Crippen LogP contribution in [0, 0.1) is 11.8 Å². The number of nitrogens with zero attached hydrogens (tertiary/aromatic N) is 3. The van der Waals surface area contributed by atoms with Gasteiger partial charge in [0.15, 0.2) is 14.6 Å². The molecule has 10 nitrogen and oxygen atoms in total. The zero-order valence-electron chi connectivity index (χ0n) is 23.1. The van der Waals surface area contributed by atoms with Crippen molar-refractivity contribution in [2.75, 3.05) is 33.5 Å². The number of fused-ring (bicyclic) bond motifs is 1. The predicted octanol–water partition coefficient (Wildman–Crippen LogP) is 2.27. The summed E-state index contributed by atoms with van der Waals surface area (Å²) in [7, 11) is -0.118. The maximum Gasteiger partial charge on any atom is 0.320 e. The SMILES string of the molecule is CN(C)CC(=O)OCC1(c2ccc(C#Cc3ccc4nn(CC[C@](C)(C(=O)NO)S(C)(=O)=O)cc4c3)cc2)CC1. The van der Waals surface area contributed by atoms with Gasteiger partial charge in [-0.05, 0) is 76.2 Å². The van der Waals surface area contributed by atoms with Crippen molar-refractivity contribution in [2.45, 2.75) is 42.9 Å². The molecule has 0 bridgehead atoms. The standard InChI is InChI=1S/C29H34N4O6S/c1-28(27(35)31-36,40(4,37)38)15-16-33-18-23-17-22(9-12-25(23)30-33)6-5-21-7-10-24(11-8-21)29(13-14-29)20-39-26(34)19-32(2)3/h7-12,17-18,36H,13-16,19-20H2,1-4H3,(H,31,35)/t28-/m1/s1. The molecule has 1 atom stereocenters. The van der Waals surface area contributed by atoms with Gasteiger partial charge in [0.1, 0.15) is 6.61 Å². The molecule has 2 aromatic carbocycles. The second-order valence-electron chi connectivity index (χ2n) is 10.9. The number of nitrogens with one attached hydrogen (secondary N) is 1. The summed E-state index contributed by atoms with van der Waals surface area (Å²) < 4.78 is 29.7. The molecule has 3 aromatic rings. The van der Waals surface area contributed by atoms with Crippen molar-refractivity contribution >= 4 is 32.6 Å². The Bertz CT molecular complexity index is 1580. The van der Waals surface area contributed by atoms with Crippen LogP contribution in [0.15, 0.2) is 48.7 Å². The van der Waals surface area contributed by atoms with Crippen molar-refractivity contribution in [2.24, 2.45) is 0 Å². The molecule has 212 valence electrons. The van der Waals surface area contributed by atoms with E-state index in [0.29, 0.717) is 12.1 Å². The van der Waals surface area contributed by atoms with Crippen LogP contribution in [0.1, 0.15) is 42.9 Å². The number of sulfone groups is 1. The van der Waals surface area contributed by atoms with E-state index in [1.165, 1.54) is 12.4 Å². The van der Waals surface area contributed by atoms with Crippen LogP contribution in [0.5, 0.6) is 0 Å². The van der Waals surface area contributed by atoms with E-state index >= 15 is 0 Å². The predicted molar refractivity (Wildman–Crippen MR) is 150 cm³/mol. The lowest BCUT2D eigenvalue weighted by atomic mass is 9.96. The van der Waals surface area contributed by atoms with Crippen molar-refractivity contribution < 1.29 is 28.0 Å². The number of ether oxygens (including phenoxy) is 1. The zero-order chi connectivity index (χ0) is 29.1. The highest BCUT2D eigenvalue weighted by Crippen LogP contribution is 2.48. The number of carbonyl (C=O) groups excluding carboxylic acids is 2. The Morgan fingerprint density at radius 2 is 1.80 bits per heavy atom. The summed E-state index contributed by atoms with van der Waals surface area (Å²) in [4.78, 5) is 25.8. The minimum absolute atomic E-state index is 0.0608. The lowest BCUT2D eigenvalue weighted by Crippen LogP contribution is -2.49. The van der Waals surface area contributed by atoms with Gasteiger partial charge in [0.25, 0.3) is 5.91 Å². The highest BCUT2D eigenvalue weighted by atomic mass is 32.2. The Morgan fingerprint density at radius 3 is 2.40 bits per heavy atom. The summed E-state index contributed by atoms with van der Waals surface area (Å²) >= 11 is 0. The molecule has 1 fully saturated rings. The second kappa shape index (κ2) is 11.4. The number of likely N-dealkylation sites (N-methyl/N-ethyl adjacent to an activating group) is 1. The van der Waals surface area contributed by atoms with Crippen LogP contribution in [-0.4, -0.2) is 78.4 Å². The van der Waals surface area contributed by atoms with Crippen LogP contribution in [0.4, 0.5) is 0 Å². The Hall–Kier alpha value is -3.72. The fourth-order valence-electron chi connectivity index (χ4n) is 4.42. The van der Waals surface area contributed by atoms with Gasteiger partial charge in [-0.25, -0.2) is 13.9 Å².